The summed E-state index contributed by atoms with van der Waals surface area (Å²) in [7, 11) is 0. The van der Waals surface area contributed by atoms with E-state index in [2.05, 4.69) is 43.5 Å². The zero-order chi connectivity index (χ0) is 15.0. The number of amides is 1. The van der Waals surface area contributed by atoms with E-state index >= 15 is 0 Å². The number of nitrogens with zero attached hydrogens (tertiary/aromatic N) is 2. The molecular weight excluding hydrogens is 260 g/mol. The SMILES string of the molecule is CCCCN1CCc2c(n(CC)c3c(C)cccc23)C1=O. The number of carbonyl (C=O) groups is 1. The first-order chi connectivity index (χ1) is 10.2. The number of para-hydroxylation sites is 1. The van der Waals surface area contributed by atoms with Crippen molar-refractivity contribution < 1.29 is 4.79 Å². The highest BCUT2D eigenvalue weighted by atomic mass is 16.2. The lowest BCUT2D eigenvalue weighted by Crippen LogP contribution is -2.39. The van der Waals surface area contributed by atoms with Crippen molar-refractivity contribution in [3.63, 3.8) is 0 Å². The van der Waals surface area contributed by atoms with Crippen LogP contribution in [0.2, 0.25) is 0 Å². The van der Waals surface area contributed by atoms with Crippen LogP contribution in [0.4, 0.5) is 0 Å². The summed E-state index contributed by atoms with van der Waals surface area (Å²) >= 11 is 0. The van der Waals surface area contributed by atoms with E-state index < -0.39 is 0 Å². The molecule has 3 nitrogen and oxygen atoms in total. The van der Waals surface area contributed by atoms with Gasteiger partial charge in [-0.1, -0.05) is 31.5 Å². The molecule has 1 aliphatic rings. The van der Waals surface area contributed by atoms with Crippen LogP contribution in [0.1, 0.15) is 48.3 Å². The molecule has 0 radical (unpaired) electrons. The predicted octanol–water partition coefficient (Wildman–Crippen LogP) is 3.77. The van der Waals surface area contributed by atoms with Gasteiger partial charge in [0.25, 0.3) is 5.91 Å². The second-order valence-corrected chi connectivity index (χ2v) is 5.94. The van der Waals surface area contributed by atoms with Gasteiger partial charge >= 0.3 is 0 Å². The minimum absolute atomic E-state index is 0.224. The molecule has 112 valence electrons. The number of hydrogen-bond acceptors (Lipinski definition) is 1. The fourth-order valence-electron chi connectivity index (χ4n) is 3.54. The normalized spacial score (nSPS) is 14.8. The number of rotatable bonds is 4. The third-order valence-corrected chi connectivity index (χ3v) is 4.61. The molecule has 3 heteroatoms. The minimum atomic E-state index is 0.224. The number of carbonyl (C=O) groups excluding carboxylic acids is 1. The third kappa shape index (κ3) is 2.15. The molecule has 0 atom stereocenters. The number of aryl methyl sites for hydroxylation is 2. The second kappa shape index (κ2) is 5.55. The van der Waals surface area contributed by atoms with Crippen molar-refractivity contribution in [2.45, 2.75) is 46.6 Å². The van der Waals surface area contributed by atoms with Crippen LogP contribution in [0.15, 0.2) is 18.2 Å². The van der Waals surface area contributed by atoms with Crippen LogP contribution in [-0.2, 0) is 13.0 Å². The Morgan fingerprint density at radius 1 is 1.24 bits per heavy atom. The Morgan fingerprint density at radius 2 is 2.05 bits per heavy atom. The molecule has 0 saturated carbocycles. The molecule has 0 bridgehead atoms. The van der Waals surface area contributed by atoms with Crippen molar-refractivity contribution in [2.24, 2.45) is 0 Å². The predicted molar refractivity (Wildman–Crippen MR) is 86.9 cm³/mol. The van der Waals surface area contributed by atoms with Crippen molar-refractivity contribution in [3.05, 3.63) is 35.0 Å². The average Bonchev–Trinajstić information content (AvgIpc) is 2.82. The van der Waals surface area contributed by atoms with Crippen LogP contribution < -0.4 is 0 Å². The molecule has 1 amide bonds. The summed E-state index contributed by atoms with van der Waals surface area (Å²) in [5.41, 5.74) is 4.70. The monoisotopic (exact) mass is 284 g/mol. The van der Waals surface area contributed by atoms with E-state index in [1.54, 1.807) is 0 Å². The van der Waals surface area contributed by atoms with E-state index in [9.17, 15) is 4.79 Å². The van der Waals surface area contributed by atoms with Gasteiger partial charge in [-0.3, -0.25) is 4.79 Å². The van der Waals surface area contributed by atoms with Gasteiger partial charge in [0, 0.05) is 25.0 Å². The fourth-order valence-corrected chi connectivity index (χ4v) is 3.54. The summed E-state index contributed by atoms with van der Waals surface area (Å²) in [6, 6.07) is 6.41. The lowest BCUT2D eigenvalue weighted by molar-refractivity contribution is 0.0726. The van der Waals surface area contributed by atoms with Crippen molar-refractivity contribution in [1.29, 1.82) is 0 Å². The largest absolute Gasteiger partial charge is 0.337 e. The standard InChI is InChI=1S/C18H24N2O/c1-4-6-11-19-12-10-15-14-9-7-8-13(3)16(14)20(5-2)17(15)18(19)21/h7-9H,4-6,10-12H2,1-3H3. The van der Waals surface area contributed by atoms with Gasteiger partial charge in [-0.05, 0) is 37.8 Å². The Bertz CT molecular complexity index is 684. The summed E-state index contributed by atoms with van der Waals surface area (Å²) in [5.74, 6) is 0.224. The van der Waals surface area contributed by atoms with Gasteiger partial charge in [-0.2, -0.15) is 0 Å². The van der Waals surface area contributed by atoms with Crippen LogP contribution in [0.5, 0.6) is 0 Å². The van der Waals surface area contributed by atoms with Gasteiger partial charge in [-0.15, -0.1) is 0 Å². The average molecular weight is 284 g/mol. The van der Waals surface area contributed by atoms with Crippen molar-refractivity contribution >= 4 is 16.8 Å². The maximum absolute atomic E-state index is 12.9. The molecule has 1 aliphatic heterocycles. The zero-order valence-electron chi connectivity index (χ0n) is 13.3. The quantitative estimate of drug-likeness (QED) is 0.839. The summed E-state index contributed by atoms with van der Waals surface area (Å²) in [6.45, 7) is 9.04. The highest BCUT2D eigenvalue weighted by molar-refractivity contribution is 6.03. The zero-order valence-corrected chi connectivity index (χ0v) is 13.3. The maximum Gasteiger partial charge on any atom is 0.270 e. The Hall–Kier alpha value is -1.77. The van der Waals surface area contributed by atoms with Gasteiger partial charge in [0.05, 0.1) is 5.52 Å². The molecule has 1 aromatic heterocycles. The van der Waals surface area contributed by atoms with Crippen LogP contribution in [0.25, 0.3) is 10.9 Å². The summed E-state index contributed by atoms with van der Waals surface area (Å²) in [5, 5.41) is 1.27. The van der Waals surface area contributed by atoms with E-state index in [1.165, 1.54) is 22.0 Å². The second-order valence-electron chi connectivity index (χ2n) is 5.94. The molecule has 0 unspecified atom stereocenters. The van der Waals surface area contributed by atoms with Gasteiger partial charge in [0.1, 0.15) is 5.69 Å². The van der Waals surface area contributed by atoms with E-state index in [-0.39, 0.29) is 5.91 Å². The lowest BCUT2D eigenvalue weighted by atomic mass is 10.0. The van der Waals surface area contributed by atoms with Gasteiger partial charge < -0.3 is 9.47 Å². The van der Waals surface area contributed by atoms with Crippen LogP contribution >= 0.6 is 0 Å². The Morgan fingerprint density at radius 3 is 2.76 bits per heavy atom. The van der Waals surface area contributed by atoms with E-state index in [0.717, 1.165) is 44.6 Å². The Balaban J connectivity index is 2.15. The van der Waals surface area contributed by atoms with Crippen molar-refractivity contribution in [1.82, 2.24) is 9.47 Å². The van der Waals surface area contributed by atoms with Crippen molar-refractivity contribution in [2.75, 3.05) is 13.1 Å². The molecule has 0 N–H and O–H groups in total. The minimum Gasteiger partial charge on any atom is -0.337 e. The highest BCUT2D eigenvalue weighted by Gasteiger charge is 2.30. The first-order valence-corrected chi connectivity index (χ1v) is 8.09. The molecule has 0 fully saturated rings. The van der Waals surface area contributed by atoms with Crippen LogP contribution in [-0.4, -0.2) is 28.5 Å². The van der Waals surface area contributed by atoms with Gasteiger partial charge in [0.15, 0.2) is 0 Å². The molecule has 0 spiro atoms. The van der Waals surface area contributed by atoms with E-state index in [4.69, 9.17) is 0 Å². The lowest BCUT2D eigenvalue weighted by Gasteiger charge is -2.28. The van der Waals surface area contributed by atoms with Crippen molar-refractivity contribution in [3.8, 4) is 0 Å². The molecular formula is C18H24N2O. The molecule has 21 heavy (non-hydrogen) atoms. The maximum atomic E-state index is 12.9. The molecule has 1 aromatic carbocycles. The first-order valence-electron chi connectivity index (χ1n) is 8.09. The molecule has 2 aromatic rings. The molecule has 0 saturated heterocycles. The first kappa shape index (κ1) is 14.2. The molecule has 3 rings (SSSR count). The molecule has 2 heterocycles. The van der Waals surface area contributed by atoms with Gasteiger partial charge in [0.2, 0.25) is 0 Å². The fraction of sp³-hybridized carbons (Fsp3) is 0.500. The summed E-state index contributed by atoms with van der Waals surface area (Å²) < 4.78 is 2.22. The van der Waals surface area contributed by atoms with Crippen LogP contribution in [0, 0.1) is 6.92 Å². The highest BCUT2D eigenvalue weighted by Crippen LogP contribution is 2.32. The van der Waals surface area contributed by atoms with Crippen LogP contribution in [0.3, 0.4) is 0 Å². The van der Waals surface area contributed by atoms with Gasteiger partial charge in [-0.25, -0.2) is 0 Å². The summed E-state index contributed by atoms with van der Waals surface area (Å²) in [6.07, 6.45) is 3.21. The summed E-state index contributed by atoms with van der Waals surface area (Å²) in [4.78, 5) is 14.9. The number of benzene rings is 1. The molecule has 0 aliphatic carbocycles. The number of fused-ring (bicyclic) bond motifs is 3. The Labute approximate surface area is 126 Å². The van der Waals surface area contributed by atoms with E-state index in [1.807, 2.05) is 4.90 Å². The Kier molecular flexibility index (Phi) is 3.75. The third-order valence-electron chi connectivity index (χ3n) is 4.61. The number of aromatic nitrogens is 1. The number of unbranched alkanes of at least 4 members (excludes halogenated alkanes) is 1. The number of hydrogen-bond donors (Lipinski definition) is 0. The van der Waals surface area contributed by atoms with E-state index in [0.29, 0.717) is 0 Å². The smallest absolute Gasteiger partial charge is 0.270 e. The topological polar surface area (TPSA) is 25.2 Å².